The van der Waals surface area contributed by atoms with E-state index in [1.165, 1.54) is 43.2 Å². The van der Waals surface area contributed by atoms with E-state index in [-0.39, 0.29) is 23.6 Å². The predicted molar refractivity (Wildman–Crippen MR) is 104 cm³/mol. The standard InChI is InChI=1S/C20H28FN3OS/c1-26(2,22)24-19-18(25-19)15-7-14(13-3-4-13)16(8-17(15)21)20(5-6-20)9-12-10-23-11-12/h7-8,12-13,18-19,23H,1,3-6,9-11H2,2H3,(H2,22,24)/t18-,19?,26?/m0/s1. The number of ether oxygens (including phenoxy) is 1. The van der Waals surface area contributed by atoms with Gasteiger partial charge in [-0.2, -0.15) is 0 Å². The lowest BCUT2D eigenvalue weighted by Gasteiger charge is -2.32. The average Bonchev–Trinajstić information content (AvgIpc) is 3.38. The fourth-order valence-corrected chi connectivity index (χ4v) is 5.18. The van der Waals surface area contributed by atoms with Gasteiger partial charge in [-0.05, 0) is 92.0 Å². The molecule has 6 heteroatoms. The van der Waals surface area contributed by atoms with E-state index in [4.69, 9.17) is 9.52 Å². The molecule has 3 N–H and O–H groups in total. The van der Waals surface area contributed by atoms with Gasteiger partial charge in [0.1, 0.15) is 18.1 Å². The molecule has 26 heavy (non-hydrogen) atoms. The van der Waals surface area contributed by atoms with Crippen molar-refractivity contribution < 1.29 is 9.13 Å². The molecule has 0 aromatic heterocycles. The van der Waals surface area contributed by atoms with E-state index < -0.39 is 9.60 Å². The molecule has 1 aromatic carbocycles. The highest BCUT2D eigenvalue weighted by molar-refractivity contribution is 7.98. The molecule has 2 heterocycles. The summed E-state index contributed by atoms with van der Waals surface area (Å²) in [6.07, 6.45) is 7.26. The van der Waals surface area contributed by atoms with Crippen LogP contribution in [-0.2, 0) is 19.8 Å². The first kappa shape index (κ1) is 17.2. The quantitative estimate of drug-likeness (QED) is 0.505. The third-order valence-electron chi connectivity index (χ3n) is 6.33. The third kappa shape index (κ3) is 3.21. The molecule has 0 bridgehead atoms. The summed E-state index contributed by atoms with van der Waals surface area (Å²) in [6, 6.07) is 3.92. The molecule has 2 unspecified atom stereocenters. The van der Waals surface area contributed by atoms with E-state index in [2.05, 4.69) is 22.0 Å². The van der Waals surface area contributed by atoms with Crippen LogP contribution in [0.3, 0.4) is 0 Å². The molecule has 142 valence electrons. The Labute approximate surface area is 155 Å². The Morgan fingerprint density at radius 3 is 2.62 bits per heavy atom. The molecular formula is C20H28FN3OS. The summed E-state index contributed by atoms with van der Waals surface area (Å²) in [7, 11) is -1.86. The van der Waals surface area contributed by atoms with Crippen LogP contribution in [0.5, 0.6) is 0 Å². The van der Waals surface area contributed by atoms with Gasteiger partial charge in [-0.3, -0.25) is 4.78 Å². The predicted octanol–water partition coefficient (Wildman–Crippen LogP) is 3.22. The van der Waals surface area contributed by atoms with Crippen molar-refractivity contribution in [3.63, 3.8) is 0 Å². The molecule has 4 fully saturated rings. The normalized spacial score (nSPS) is 31.9. The van der Waals surface area contributed by atoms with Crippen molar-refractivity contribution >= 4 is 15.5 Å². The lowest BCUT2D eigenvalue weighted by atomic mass is 9.80. The Bertz CT molecular complexity index is 841. The Morgan fingerprint density at radius 2 is 2.08 bits per heavy atom. The van der Waals surface area contributed by atoms with Crippen molar-refractivity contribution in [3.8, 4) is 0 Å². The van der Waals surface area contributed by atoms with Crippen molar-refractivity contribution in [1.82, 2.24) is 10.0 Å². The summed E-state index contributed by atoms with van der Waals surface area (Å²) < 4.78 is 31.7. The number of halogens is 1. The SMILES string of the molecule is C=S(C)(=N)NC1O[C@H]1c1cc(C2CC2)c(C2(CC3CNC3)CC2)cc1F. The Kier molecular flexibility index (Phi) is 3.81. The van der Waals surface area contributed by atoms with Crippen molar-refractivity contribution in [1.29, 1.82) is 4.78 Å². The monoisotopic (exact) mass is 377 g/mol. The minimum Gasteiger partial charge on any atom is -0.347 e. The molecule has 0 radical (unpaired) electrons. The third-order valence-corrected chi connectivity index (χ3v) is 7.08. The number of hydrogen-bond donors (Lipinski definition) is 3. The number of epoxide rings is 1. The van der Waals surface area contributed by atoms with Gasteiger partial charge in [0.05, 0.1) is 0 Å². The topological polar surface area (TPSA) is 60.4 Å². The fraction of sp³-hybridized carbons (Fsp3) is 0.650. The average molecular weight is 378 g/mol. The Balaban J connectivity index is 1.44. The van der Waals surface area contributed by atoms with Gasteiger partial charge >= 0.3 is 0 Å². The molecule has 3 atom stereocenters. The van der Waals surface area contributed by atoms with Gasteiger partial charge in [-0.25, -0.2) is 9.11 Å². The first-order chi connectivity index (χ1) is 12.3. The minimum atomic E-state index is -1.86. The number of hydrogen-bond acceptors (Lipinski definition) is 3. The van der Waals surface area contributed by atoms with Gasteiger partial charge in [0.15, 0.2) is 0 Å². The van der Waals surface area contributed by atoms with E-state index in [1.54, 1.807) is 6.26 Å². The van der Waals surface area contributed by atoms with Gasteiger partial charge in [0, 0.05) is 5.56 Å². The number of nitrogens with one attached hydrogen (secondary N) is 3. The lowest BCUT2D eigenvalue weighted by Crippen LogP contribution is -2.43. The first-order valence-electron chi connectivity index (χ1n) is 9.68. The summed E-state index contributed by atoms with van der Waals surface area (Å²) in [5, 5.41) is 3.36. The smallest absolute Gasteiger partial charge is 0.149 e. The van der Waals surface area contributed by atoms with Crippen LogP contribution in [0, 0.1) is 16.5 Å². The molecule has 5 rings (SSSR count). The van der Waals surface area contributed by atoms with Crippen LogP contribution in [-0.4, -0.2) is 31.4 Å². The zero-order valence-corrected chi connectivity index (χ0v) is 16.1. The zero-order valence-electron chi connectivity index (χ0n) is 15.3. The molecular weight excluding hydrogens is 349 g/mol. The van der Waals surface area contributed by atoms with E-state index >= 15 is 4.39 Å². The van der Waals surface area contributed by atoms with E-state index in [1.807, 2.05) is 6.07 Å². The van der Waals surface area contributed by atoms with Gasteiger partial charge in [-0.15, -0.1) is 0 Å². The van der Waals surface area contributed by atoms with Crippen LogP contribution in [0.1, 0.15) is 60.8 Å². The van der Waals surface area contributed by atoms with Crippen LogP contribution in [0.15, 0.2) is 12.1 Å². The molecule has 1 aromatic rings. The van der Waals surface area contributed by atoms with Crippen LogP contribution in [0.2, 0.25) is 0 Å². The molecule has 2 saturated carbocycles. The van der Waals surface area contributed by atoms with Crippen LogP contribution in [0.25, 0.3) is 0 Å². The molecule has 4 aliphatic rings. The van der Waals surface area contributed by atoms with Gasteiger partial charge < -0.3 is 10.1 Å². The van der Waals surface area contributed by atoms with E-state index in [0.29, 0.717) is 11.5 Å². The maximum Gasteiger partial charge on any atom is 0.149 e. The van der Waals surface area contributed by atoms with E-state index in [0.717, 1.165) is 19.0 Å². The van der Waals surface area contributed by atoms with Crippen LogP contribution < -0.4 is 10.0 Å². The van der Waals surface area contributed by atoms with Crippen molar-refractivity contribution in [2.24, 2.45) is 5.92 Å². The highest BCUT2D eigenvalue weighted by Crippen LogP contribution is 2.58. The second kappa shape index (κ2) is 5.77. The van der Waals surface area contributed by atoms with Gasteiger partial charge in [0.25, 0.3) is 0 Å². The van der Waals surface area contributed by atoms with Crippen LogP contribution in [0.4, 0.5) is 4.39 Å². The summed E-state index contributed by atoms with van der Waals surface area (Å²) in [5.74, 6) is 5.03. The number of benzene rings is 1. The molecule has 2 aliphatic carbocycles. The van der Waals surface area contributed by atoms with Gasteiger partial charge in [0.2, 0.25) is 0 Å². The summed E-state index contributed by atoms with van der Waals surface area (Å²) >= 11 is 0. The largest absolute Gasteiger partial charge is 0.347 e. The maximum atomic E-state index is 15.0. The summed E-state index contributed by atoms with van der Waals surface area (Å²) in [5.41, 5.74) is 3.55. The first-order valence-corrected chi connectivity index (χ1v) is 11.9. The van der Waals surface area contributed by atoms with Crippen molar-refractivity contribution in [3.05, 3.63) is 34.6 Å². The highest BCUT2D eigenvalue weighted by Gasteiger charge is 2.50. The number of rotatable bonds is 7. The fourth-order valence-electron chi connectivity index (χ4n) is 4.49. The molecule has 0 spiro atoms. The second-order valence-electron chi connectivity index (χ2n) is 8.93. The molecule has 4 nitrogen and oxygen atoms in total. The second-order valence-corrected chi connectivity index (χ2v) is 11.3. The zero-order chi connectivity index (χ0) is 18.1. The van der Waals surface area contributed by atoms with E-state index in [9.17, 15) is 0 Å². The maximum absolute atomic E-state index is 15.0. The highest BCUT2D eigenvalue weighted by atomic mass is 32.2. The van der Waals surface area contributed by atoms with Crippen LogP contribution >= 0.6 is 0 Å². The molecule has 2 aliphatic heterocycles. The van der Waals surface area contributed by atoms with Crippen molar-refractivity contribution in [2.75, 3.05) is 19.3 Å². The molecule has 0 amide bonds. The summed E-state index contributed by atoms with van der Waals surface area (Å²) in [6.45, 7) is 2.23. The lowest BCUT2D eigenvalue weighted by molar-refractivity contribution is 0.297. The Morgan fingerprint density at radius 1 is 1.35 bits per heavy atom. The molecule has 2 saturated heterocycles. The minimum absolute atomic E-state index is 0.137. The summed E-state index contributed by atoms with van der Waals surface area (Å²) in [4.78, 5) is 0. The Hall–Kier alpha value is -0.950. The van der Waals surface area contributed by atoms with Crippen molar-refractivity contribution in [2.45, 2.75) is 55.8 Å². The van der Waals surface area contributed by atoms with Gasteiger partial charge in [-0.1, -0.05) is 15.5 Å².